The fourth-order valence-corrected chi connectivity index (χ4v) is 6.86. The number of aldehydes is 4. The van der Waals surface area contributed by atoms with E-state index in [9.17, 15) is 24.0 Å². The topological polar surface area (TPSA) is 123 Å². The van der Waals surface area contributed by atoms with Crippen molar-refractivity contribution in [3.63, 3.8) is 0 Å². The molecule has 4 heterocycles. The van der Waals surface area contributed by atoms with Crippen molar-refractivity contribution in [1.82, 2.24) is 14.7 Å². The van der Waals surface area contributed by atoms with E-state index in [1.165, 1.54) is 11.9 Å². The molecule has 11 nitrogen and oxygen atoms in total. The quantitative estimate of drug-likeness (QED) is 0.355. The van der Waals surface area contributed by atoms with Crippen LogP contribution in [0.15, 0.2) is 40.6 Å². The lowest BCUT2D eigenvalue weighted by Crippen LogP contribution is -2.60. The summed E-state index contributed by atoms with van der Waals surface area (Å²) < 4.78 is 0. The smallest absolute Gasteiger partial charge is 0.255 e. The highest BCUT2D eigenvalue weighted by Crippen LogP contribution is 2.43. The molecule has 0 radical (unpaired) electrons. The van der Waals surface area contributed by atoms with Crippen LogP contribution in [0, 0.1) is 11.3 Å². The number of piperidine rings is 2. The first-order chi connectivity index (χ1) is 21.4. The fraction of sp³-hybridized carbons (Fsp3) is 0.545. The minimum Gasteiger partial charge on any atom is -0.370 e. The molecule has 4 aliphatic heterocycles. The summed E-state index contributed by atoms with van der Waals surface area (Å²) >= 11 is 0. The Labute approximate surface area is 258 Å². The van der Waals surface area contributed by atoms with Crippen LogP contribution < -0.4 is 4.90 Å². The van der Waals surface area contributed by atoms with Crippen LogP contribution in [0.2, 0.25) is 0 Å². The second-order valence-corrected chi connectivity index (χ2v) is 12.6. The third kappa shape index (κ3) is 7.04. The summed E-state index contributed by atoms with van der Waals surface area (Å²) in [6, 6.07) is 4.62. The molecule has 3 fully saturated rings. The Morgan fingerprint density at radius 1 is 1.02 bits per heavy atom. The molecule has 44 heavy (non-hydrogen) atoms. The van der Waals surface area contributed by atoms with Crippen LogP contribution in [-0.2, 0) is 14.4 Å². The van der Waals surface area contributed by atoms with Gasteiger partial charge in [-0.25, -0.2) is 0 Å². The summed E-state index contributed by atoms with van der Waals surface area (Å²) in [6.07, 6.45) is 12.2. The van der Waals surface area contributed by atoms with Gasteiger partial charge in [-0.3, -0.25) is 14.4 Å². The minimum atomic E-state index is -0.721. The van der Waals surface area contributed by atoms with Crippen molar-refractivity contribution in [2.45, 2.75) is 51.0 Å². The second kappa shape index (κ2) is 14.2. The molecule has 234 valence electrons. The Bertz CT molecular complexity index is 1330. The van der Waals surface area contributed by atoms with Crippen molar-refractivity contribution >= 4 is 48.3 Å². The van der Waals surface area contributed by atoms with Gasteiger partial charge in [-0.1, -0.05) is 6.08 Å². The van der Waals surface area contributed by atoms with Crippen molar-refractivity contribution in [1.29, 1.82) is 0 Å². The lowest BCUT2D eigenvalue weighted by Gasteiger charge is -2.55. The molecule has 1 aromatic carbocycles. The third-order valence-electron chi connectivity index (χ3n) is 9.75. The summed E-state index contributed by atoms with van der Waals surface area (Å²) in [5, 5.41) is 8.37. The van der Waals surface area contributed by atoms with Gasteiger partial charge in [0.15, 0.2) is 18.4 Å². The molecule has 0 bridgehead atoms. The van der Waals surface area contributed by atoms with Crippen LogP contribution in [0.3, 0.4) is 0 Å². The summed E-state index contributed by atoms with van der Waals surface area (Å²) in [5.41, 5.74) is 2.20. The Hall–Kier alpha value is -3.99. The SMILES string of the molecule is CN(C(=O)c1cc(N2CC3(CCN(CC4CCN(C5=NN=C(C=O)CC=C5)CC4)CC3)C2)ccc1C=O)C(C=O)CCC=O. The highest BCUT2D eigenvalue weighted by molar-refractivity contribution is 6.29. The van der Waals surface area contributed by atoms with Gasteiger partial charge in [0.2, 0.25) is 0 Å². The van der Waals surface area contributed by atoms with Gasteiger partial charge in [0.1, 0.15) is 18.3 Å². The average molecular weight is 603 g/mol. The highest BCUT2D eigenvalue weighted by atomic mass is 16.2. The average Bonchev–Trinajstić information content (AvgIpc) is 3.30. The molecule has 1 aromatic rings. The van der Waals surface area contributed by atoms with Crippen LogP contribution in [0.25, 0.3) is 0 Å². The zero-order chi connectivity index (χ0) is 31.1. The van der Waals surface area contributed by atoms with Crippen molar-refractivity contribution in [3.8, 4) is 0 Å². The minimum absolute atomic E-state index is 0.183. The van der Waals surface area contributed by atoms with E-state index in [2.05, 4.69) is 24.9 Å². The van der Waals surface area contributed by atoms with Gasteiger partial charge in [-0.05, 0) is 75.4 Å². The maximum atomic E-state index is 13.3. The van der Waals surface area contributed by atoms with Crippen molar-refractivity contribution < 1.29 is 24.0 Å². The highest BCUT2D eigenvalue weighted by Gasteiger charge is 2.45. The van der Waals surface area contributed by atoms with Gasteiger partial charge in [-0.15, -0.1) is 10.2 Å². The number of nitrogens with zero attached hydrogens (tertiary/aromatic N) is 6. The maximum Gasteiger partial charge on any atom is 0.255 e. The number of hydrogen-bond acceptors (Lipinski definition) is 10. The lowest BCUT2D eigenvalue weighted by atomic mass is 9.71. The number of carbonyl (C=O) groups excluding carboxylic acids is 5. The number of likely N-dealkylation sites (N-methyl/N-ethyl adjacent to an activating group) is 1. The summed E-state index contributed by atoms with van der Waals surface area (Å²) in [4.78, 5) is 66.8. The van der Waals surface area contributed by atoms with Gasteiger partial charge < -0.3 is 29.2 Å². The molecule has 1 unspecified atom stereocenters. The van der Waals surface area contributed by atoms with E-state index >= 15 is 0 Å². The molecule has 1 atom stereocenters. The van der Waals surface area contributed by atoms with E-state index in [4.69, 9.17) is 0 Å². The Balaban J connectivity index is 1.10. The number of likely N-dealkylation sites (tertiary alicyclic amines) is 2. The molecule has 5 rings (SSSR count). The number of benzene rings is 1. The van der Waals surface area contributed by atoms with Gasteiger partial charge >= 0.3 is 0 Å². The molecule has 11 heteroatoms. The Morgan fingerprint density at radius 3 is 2.43 bits per heavy atom. The molecular formula is C33H42N6O5. The summed E-state index contributed by atoms with van der Waals surface area (Å²) in [6.45, 7) is 7.02. The van der Waals surface area contributed by atoms with E-state index in [0.29, 0.717) is 36.2 Å². The normalized spacial score (nSPS) is 21.0. The lowest BCUT2D eigenvalue weighted by molar-refractivity contribution is -0.112. The third-order valence-corrected chi connectivity index (χ3v) is 9.75. The predicted molar refractivity (Wildman–Crippen MR) is 168 cm³/mol. The van der Waals surface area contributed by atoms with Gasteiger partial charge in [0.05, 0.1) is 11.6 Å². The van der Waals surface area contributed by atoms with Crippen LogP contribution in [0.1, 0.15) is 65.7 Å². The number of allylic oxidation sites excluding steroid dienone is 1. The van der Waals surface area contributed by atoms with Crippen LogP contribution in [0.5, 0.6) is 0 Å². The van der Waals surface area contributed by atoms with Gasteiger partial charge in [0.25, 0.3) is 5.91 Å². The predicted octanol–water partition coefficient (Wildman–Crippen LogP) is 2.65. The second-order valence-electron chi connectivity index (χ2n) is 12.6. The fourth-order valence-electron chi connectivity index (χ4n) is 6.86. The van der Waals surface area contributed by atoms with Crippen molar-refractivity contribution in [2.24, 2.45) is 21.5 Å². The number of amidine groups is 1. The summed E-state index contributed by atoms with van der Waals surface area (Å²) in [5.74, 6) is 1.11. The monoisotopic (exact) mass is 602 g/mol. The van der Waals surface area contributed by atoms with E-state index in [0.717, 1.165) is 95.6 Å². The molecule has 1 amide bonds. The van der Waals surface area contributed by atoms with E-state index in [-0.39, 0.29) is 23.8 Å². The molecule has 1 spiro atoms. The largest absolute Gasteiger partial charge is 0.370 e. The molecule has 0 N–H and O–H groups in total. The van der Waals surface area contributed by atoms with Crippen molar-refractivity contribution in [3.05, 3.63) is 41.5 Å². The number of carbonyl (C=O) groups is 5. The number of anilines is 1. The van der Waals surface area contributed by atoms with E-state index in [1.807, 2.05) is 18.2 Å². The van der Waals surface area contributed by atoms with Crippen LogP contribution >= 0.6 is 0 Å². The molecule has 4 aliphatic rings. The maximum absolute atomic E-state index is 13.3. The van der Waals surface area contributed by atoms with Gasteiger partial charge in [0, 0.05) is 69.3 Å². The first kappa shape index (κ1) is 31.4. The number of hydrogen-bond donors (Lipinski definition) is 0. The van der Waals surface area contributed by atoms with Gasteiger partial charge in [-0.2, -0.15) is 0 Å². The van der Waals surface area contributed by atoms with Crippen molar-refractivity contribution in [2.75, 3.05) is 57.8 Å². The zero-order valence-electron chi connectivity index (χ0n) is 25.5. The number of amides is 1. The molecule has 0 aliphatic carbocycles. The summed E-state index contributed by atoms with van der Waals surface area (Å²) in [7, 11) is 1.54. The van der Waals surface area contributed by atoms with E-state index < -0.39 is 11.9 Å². The van der Waals surface area contributed by atoms with Crippen LogP contribution in [-0.4, -0.2) is 116 Å². The standard InChI is InChI=1S/C33H42N6O5/c1-36(29(22-43)5-3-17-40)32(44)30-18-28(8-7-26(30)20-41)39-23-33(24-39)11-15-37(16-12-33)19-25-9-13-38(14-10-25)31-6-2-4-27(21-42)34-35-31/h2,6-8,17-18,20-22,25,29H,3-5,9-16,19,23-24H2,1H3. The first-order valence-electron chi connectivity index (χ1n) is 15.6. The van der Waals surface area contributed by atoms with E-state index in [1.54, 1.807) is 12.1 Å². The molecular weight excluding hydrogens is 560 g/mol. The van der Waals surface area contributed by atoms with Crippen LogP contribution in [0.4, 0.5) is 5.69 Å². The molecule has 0 aromatic heterocycles. The Kier molecular flexibility index (Phi) is 10.1. The molecule has 0 saturated carbocycles. The molecule has 3 saturated heterocycles. The Morgan fingerprint density at radius 2 is 1.77 bits per heavy atom. The first-order valence-corrected chi connectivity index (χ1v) is 15.6. The number of rotatable bonds is 11. The zero-order valence-corrected chi connectivity index (χ0v) is 25.5.